The number of carboxylic acid groups (broad SMARTS) is 2. The van der Waals surface area contributed by atoms with Crippen LogP contribution in [0.2, 0.25) is 5.02 Å². The van der Waals surface area contributed by atoms with Gasteiger partial charge in [-0.15, -0.1) is 0 Å². The zero-order valence-corrected chi connectivity index (χ0v) is 10.9. The summed E-state index contributed by atoms with van der Waals surface area (Å²) in [6, 6.07) is 11.4. The number of phenolic OH excluding ortho intramolecular Hbond substituents is 1. The van der Waals surface area contributed by atoms with Crippen molar-refractivity contribution in [2.75, 3.05) is 0 Å². The number of aromatic hydroxyl groups is 1. The highest BCUT2D eigenvalue weighted by Gasteiger charge is 2.00. The minimum Gasteiger partial charge on any atom is -0.508 e. The summed E-state index contributed by atoms with van der Waals surface area (Å²) in [7, 11) is 0. The van der Waals surface area contributed by atoms with Gasteiger partial charge < -0.3 is 15.3 Å². The van der Waals surface area contributed by atoms with Gasteiger partial charge in [0.15, 0.2) is 0 Å². The van der Waals surface area contributed by atoms with Gasteiger partial charge in [0.05, 0.1) is 11.1 Å². The van der Waals surface area contributed by atoms with Crippen molar-refractivity contribution in [1.82, 2.24) is 0 Å². The van der Waals surface area contributed by atoms with Gasteiger partial charge in [-0.2, -0.15) is 0 Å². The number of carbonyl (C=O) groups is 2. The van der Waals surface area contributed by atoms with Crippen LogP contribution in [0.3, 0.4) is 0 Å². The van der Waals surface area contributed by atoms with Gasteiger partial charge in [-0.3, -0.25) is 0 Å². The molecule has 0 aliphatic carbocycles. The fourth-order valence-corrected chi connectivity index (χ4v) is 1.32. The SMILES string of the molecule is O=C(O)c1ccc(Cl)cc1.O=C(O)c1ccc(O)cc1. The van der Waals surface area contributed by atoms with Crippen LogP contribution in [-0.2, 0) is 0 Å². The molecule has 2 aromatic carbocycles. The molecule has 0 unspecified atom stereocenters. The van der Waals surface area contributed by atoms with E-state index in [1.165, 1.54) is 36.4 Å². The first-order valence-corrected chi connectivity index (χ1v) is 5.79. The van der Waals surface area contributed by atoms with Crippen molar-refractivity contribution in [2.24, 2.45) is 0 Å². The van der Waals surface area contributed by atoms with Crippen LogP contribution in [0.25, 0.3) is 0 Å². The molecular weight excluding hydrogens is 284 g/mol. The molecule has 6 heteroatoms. The molecule has 0 atom stereocenters. The van der Waals surface area contributed by atoms with E-state index in [0.29, 0.717) is 5.02 Å². The molecule has 0 bridgehead atoms. The summed E-state index contributed by atoms with van der Waals surface area (Å²) in [5, 5.41) is 26.1. The van der Waals surface area contributed by atoms with E-state index < -0.39 is 11.9 Å². The number of phenols is 1. The van der Waals surface area contributed by atoms with Gasteiger partial charge in [0.25, 0.3) is 0 Å². The summed E-state index contributed by atoms with van der Waals surface area (Å²) in [4.78, 5) is 20.5. The van der Waals surface area contributed by atoms with Crippen molar-refractivity contribution in [3.8, 4) is 5.75 Å². The van der Waals surface area contributed by atoms with Crippen LogP contribution < -0.4 is 0 Å². The van der Waals surface area contributed by atoms with E-state index in [1.54, 1.807) is 12.1 Å². The third kappa shape index (κ3) is 4.99. The van der Waals surface area contributed by atoms with Gasteiger partial charge in [0.1, 0.15) is 5.75 Å². The number of rotatable bonds is 2. The molecule has 0 aliphatic heterocycles. The first-order chi connectivity index (χ1) is 9.40. The van der Waals surface area contributed by atoms with Crippen LogP contribution in [0, 0.1) is 0 Å². The molecule has 0 aromatic heterocycles. The summed E-state index contributed by atoms with van der Waals surface area (Å²) >= 11 is 5.52. The van der Waals surface area contributed by atoms with Gasteiger partial charge in [-0.25, -0.2) is 9.59 Å². The Balaban J connectivity index is 0.000000200. The van der Waals surface area contributed by atoms with Crippen LogP contribution in [0.5, 0.6) is 5.75 Å². The molecule has 0 amide bonds. The normalized spacial score (nSPS) is 9.25. The van der Waals surface area contributed by atoms with Crippen molar-refractivity contribution < 1.29 is 24.9 Å². The Bertz CT molecular complexity index is 534. The number of hydrogen-bond donors (Lipinski definition) is 3. The van der Waals surface area contributed by atoms with Crippen molar-refractivity contribution in [3.63, 3.8) is 0 Å². The number of hydrogen-bond acceptors (Lipinski definition) is 3. The zero-order valence-electron chi connectivity index (χ0n) is 10.2. The lowest BCUT2D eigenvalue weighted by Crippen LogP contribution is -1.94. The summed E-state index contributed by atoms with van der Waals surface area (Å²) in [5.41, 5.74) is 0.433. The van der Waals surface area contributed by atoms with Crippen LogP contribution in [-0.4, -0.2) is 27.3 Å². The number of halogens is 1. The van der Waals surface area contributed by atoms with Crippen LogP contribution in [0.4, 0.5) is 0 Å². The minimum atomic E-state index is -0.986. The van der Waals surface area contributed by atoms with Crippen LogP contribution in [0.1, 0.15) is 20.7 Å². The van der Waals surface area contributed by atoms with Crippen molar-refractivity contribution in [3.05, 3.63) is 64.7 Å². The lowest BCUT2D eigenvalue weighted by Gasteiger charge is -1.92. The summed E-state index contributed by atoms with van der Waals surface area (Å²) in [6.07, 6.45) is 0. The molecule has 20 heavy (non-hydrogen) atoms. The standard InChI is InChI=1S/C7H5ClO2.C7H6O3/c2*8-6-3-1-5(2-4-6)7(9)10/h1-4H,(H,9,10);1-4,8H,(H,9,10). The molecular formula is C14H11ClO5. The molecule has 0 heterocycles. The molecule has 0 saturated heterocycles. The lowest BCUT2D eigenvalue weighted by molar-refractivity contribution is 0.0686. The molecule has 0 radical (unpaired) electrons. The summed E-state index contributed by atoms with van der Waals surface area (Å²) in [6.45, 7) is 0. The Hall–Kier alpha value is -2.53. The number of benzene rings is 2. The average Bonchev–Trinajstić information content (AvgIpc) is 2.40. The average molecular weight is 295 g/mol. The highest BCUT2D eigenvalue weighted by molar-refractivity contribution is 6.30. The smallest absolute Gasteiger partial charge is 0.335 e. The van der Waals surface area contributed by atoms with E-state index in [-0.39, 0.29) is 16.9 Å². The third-order valence-electron chi connectivity index (χ3n) is 2.21. The quantitative estimate of drug-likeness (QED) is 0.791. The number of aromatic carboxylic acids is 2. The van der Waals surface area contributed by atoms with E-state index in [1.807, 2.05) is 0 Å². The van der Waals surface area contributed by atoms with Gasteiger partial charge in [-0.05, 0) is 48.5 Å². The van der Waals surface area contributed by atoms with Crippen molar-refractivity contribution >= 4 is 23.5 Å². The van der Waals surface area contributed by atoms with E-state index in [2.05, 4.69) is 0 Å². The predicted octanol–water partition coefficient (Wildman–Crippen LogP) is 3.13. The molecule has 5 nitrogen and oxygen atoms in total. The second-order valence-electron chi connectivity index (χ2n) is 3.66. The van der Waals surface area contributed by atoms with Gasteiger partial charge in [-0.1, -0.05) is 11.6 Å². The fraction of sp³-hybridized carbons (Fsp3) is 0. The first-order valence-electron chi connectivity index (χ1n) is 5.41. The first kappa shape index (κ1) is 15.5. The molecule has 2 rings (SSSR count). The summed E-state index contributed by atoms with van der Waals surface area (Å²) < 4.78 is 0. The maximum Gasteiger partial charge on any atom is 0.335 e. The predicted molar refractivity (Wildman–Crippen MR) is 73.5 cm³/mol. The van der Waals surface area contributed by atoms with E-state index >= 15 is 0 Å². The summed E-state index contributed by atoms with van der Waals surface area (Å²) in [5.74, 6) is -1.85. The monoisotopic (exact) mass is 294 g/mol. The highest BCUT2D eigenvalue weighted by atomic mass is 35.5. The maximum atomic E-state index is 10.3. The molecule has 0 aliphatic rings. The second-order valence-corrected chi connectivity index (χ2v) is 4.10. The number of carboxylic acids is 2. The third-order valence-corrected chi connectivity index (χ3v) is 2.46. The molecule has 3 N–H and O–H groups in total. The largest absolute Gasteiger partial charge is 0.508 e. The lowest BCUT2D eigenvalue weighted by atomic mass is 10.2. The topological polar surface area (TPSA) is 94.8 Å². The molecule has 0 saturated carbocycles. The Morgan fingerprint density at radius 1 is 0.750 bits per heavy atom. The van der Waals surface area contributed by atoms with E-state index in [9.17, 15) is 9.59 Å². The van der Waals surface area contributed by atoms with E-state index in [0.717, 1.165) is 0 Å². The van der Waals surface area contributed by atoms with Gasteiger partial charge in [0, 0.05) is 5.02 Å². The Morgan fingerprint density at radius 2 is 1.10 bits per heavy atom. The molecule has 0 spiro atoms. The highest BCUT2D eigenvalue weighted by Crippen LogP contribution is 2.09. The second kappa shape index (κ2) is 7.16. The zero-order chi connectivity index (χ0) is 15.1. The van der Waals surface area contributed by atoms with E-state index in [4.69, 9.17) is 26.9 Å². The molecule has 0 fully saturated rings. The fourth-order valence-electron chi connectivity index (χ4n) is 1.20. The minimum absolute atomic E-state index is 0.0741. The van der Waals surface area contributed by atoms with Crippen LogP contribution >= 0.6 is 11.6 Å². The van der Waals surface area contributed by atoms with Crippen LogP contribution in [0.15, 0.2) is 48.5 Å². The van der Waals surface area contributed by atoms with Crippen molar-refractivity contribution in [2.45, 2.75) is 0 Å². The molecule has 104 valence electrons. The van der Waals surface area contributed by atoms with Crippen molar-refractivity contribution in [1.29, 1.82) is 0 Å². The Labute approximate surface area is 119 Å². The Kier molecular flexibility index (Phi) is 5.56. The Morgan fingerprint density at radius 3 is 1.45 bits per heavy atom. The maximum absolute atomic E-state index is 10.3. The molecule has 2 aromatic rings. The van der Waals surface area contributed by atoms with Gasteiger partial charge in [0.2, 0.25) is 0 Å². The van der Waals surface area contributed by atoms with Gasteiger partial charge >= 0.3 is 11.9 Å².